The maximum atomic E-state index is 6.09. The van der Waals surface area contributed by atoms with E-state index in [4.69, 9.17) is 5.73 Å². The first-order valence-corrected chi connectivity index (χ1v) is 7.84. The Morgan fingerprint density at radius 1 is 1.00 bits per heavy atom. The monoisotopic (exact) mass is 280 g/mol. The SMILES string of the molecule is CC1CN(Cc2ccc(-c3ccccc3)cc2)CCC1N. The summed E-state index contributed by atoms with van der Waals surface area (Å²) in [6.07, 6.45) is 1.11. The molecule has 2 heteroatoms. The molecular weight excluding hydrogens is 256 g/mol. The Labute approximate surface area is 127 Å². The highest BCUT2D eigenvalue weighted by atomic mass is 15.1. The molecule has 0 bridgehead atoms. The molecular formula is C19H24N2. The van der Waals surface area contributed by atoms with Crippen molar-refractivity contribution in [2.45, 2.75) is 25.9 Å². The van der Waals surface area contributed by atoms with Gasteiger partial charge in [0.1, 0.15) is 0 Å². The van der Waals surface area contributed by atoms with Crippen molar-refractivity contribution in [3.05, 3.63) is 60.2 Å². The van der Waals surface area contributed by atoms with E-state index in [-0.39, 0.29) is 0 Å². The van der Waals surface area contributed by atoms with Gasteiger partial charge < -0.3 is 5.73 Å². The molecule has 2 atom stereocenters. The Morgan fingerprint density at radius 2 is 1.67 bits per heavy atom. The number of rotatable bonds is 3. The van der Waals surface area contributed by atoms with Crippen molar-refractivity contribution in [2.24, 2.45) is 11.7 Å². The van der Waals surface area contributed by atoms with Crippen molar-refractivity contribution in [1.82, 2.24) is 4.90 Å². The lowest BCUT2D eigenvalue weighted by atomic mass is 9.94. The van der Waals surface area contributed by atoms with Crippen LogP contribution in [0.3, 0.4) is 0 Å². The number of nitrogens with zero attached hydrogens (tertiary/aromatic N) is 1. The van der Waals surface area contributed by atoms with Crippen molar-refractivity contribution >= 4 is 0 Å². The summed E-state index contributed by atoms with van der Waals surface area (Å²) in [4.78, 5) is 2.52. The summed E-state index contributed by atoms with van der Waals surface area (Å²) in [5, 5.41) is 0. The predicted molar refractivity (Wildman–Crippen MR) is 88.9 cm³/mol. The van der Waals surface area contributed by atoms with Crippen molar-refractivity contribution < 1.29 is 0 Å². The summed E-state index contributed by atoms with van der Waals surface area (Å²) >= 11 is 0. The van der Waals surface area contributed by atoms with Gasteiger partial charge in [0.25, 0.3) is 0 Å². The van der Waals surface area contributed by atoms with Crippen LogP contribution >= 0.6 is 0 Å². The van der Waals surface area contributed by atoms with E-state index in [1.807, 2.05) is 0 Å². The van der Waals surface area contributed by atoms with Gasteiger partial charge in [0.2, 0.25) is 0 Å². The fourth-order valence-electron chi connectivity index (χ4n) is 3.09. The average molecular weight is 280 g/mol. The Morgan fingerprint density at radius 3 is 2.33 bits per heavy atom. The molecule has 1 aliphatic rings. The third-order valence-corrected chi connectivity index (χ3v) is 4.52. The van der Waals surface area contributed by atoms with E-state index in [1.54, 1.807) is 0 Å². The number of hydrogen-bond acceptors (Lipinski definition) is 2. The molecule has 2 aromatic carbocycles. The van der Waals surface area contributed by atoms with Crippen LogP contribution in [0, 0.1) is 5.92 Å². The van der Waals surface area contributed by atoms with E-state index in [0.717, 1.165) is 26.1 Å². The maximum Gasteiger partial charge on any atom is 0.0233 e. The van der Waals surface area contributed by atoms with Crippen LogP contribution in [0.25, 0.3) is 11.1 Å². The van der Waals surface area contributed by atoms with Crippen LogP contribution in [-0.2, 0) is 6.54 Å². The van der Waals surface area contributed by atoms with Crippen LogP contribution < -0.4 is 5.73 Å². The van der Waals surface area contributed by atoms with Gasteiger partial charge in [-0.2, -0.15) is 0 Å². The van der Waals surface area contributed by atoms with E-state index < -0.39 is 0 Å². The summed E-state index contributed by atoms with van der Waals surface area (Å²) < 4.78 is 0. The number of benzene rings is 2. The van der Waals surface area contributed by atoms with Crippen LogP contribution in [0.2, 0.25) is 0 Å². The number of piperidine rings is 1. The van der Waals surface area contributed by atoms with Crippen molar-refractivity contribution in [2.75, 3.05) is 13.1 Å². The molecule has 1 fully saturated rings. The van der Waals surface area contributed by atoms with Crippen LogP contribution in [0.15, 0.2) is 54.6 Å². The molecule has 2 N–H and O–H groups in total. The van der Waals surface area contributed by atoms with E-state index in [1.165, 1.54) is 16.7 Å². The van der Waals surface area contributed by atoms with Gasteiger partial charge >= 0.3 is 0 Å². The minimum atomic E-state index is 0.377. The lowest BCUT2D eigenvalue weighted by Gasteiger charge is -2.35. The zero-order chi connectivity index (χ0) is 14.7. The molecule has 0 aliphatic carbocycles. The zero-order valence-corrected chi connectivity index (χ0v) is 12.7. The highest BCUT2D eigenvalue weighted by Gasteiger charge is 2.22. The van der Waals surface area contributed by atoms with Crippen LogP contribution in [0.4, 0.5) is 0 Å². The molecule has 21 heavy (non-hydrogen) atoms. The second-order valence-electron chi connectivity index (χ2n) is 6.23. The Kier molecular flexibility index (Phi) is 4.37. The summed E-state index contributed by atoms with van der Waals surface area (Å²) in [6, 6.07) is 19.9. The molecule has 2 unspecified atom stereocenters. The summed E-state index contributed by atoms with van der Waals surface area (Å²) in [7, 11) is 0. The second-order valence-corrected chi connectivity index (χ2v) is 6.23. The molecule has 0 radical (unpaired) electrons. The highest BCUT2D eigenvalue weighted by Crippen LogP contribution is 2.21. The number of hydrogen-bond donors (Lipinski definition) is 1. The third-order valence-electron chi connectivity index (χ3n) is 4.52. The first-order valence-electron chi connectivity index (χ1n) is 7.84. The van der Waals surface area contributed by atoms with Gasteiger partial charge in [0, 0.05) is 19.1 Å². The Bertz CT molecular complexity index is 562. The quantitative estimate of drug-likeness (QED) is 0.932. The zero-order valence-electron chi connectivity index (χ0n) is 12.7. The van der Waals surface area contributed by atoms with E-state index in [0.29, 0.717) is 12.0 Å². The first-order chi connectivity index (χ1) is 10.2. The smallest absolute Gasteiger partial charge is 0.0233 e. The van der Waals surface area contributed by atoms with Gasteiger partial charge in [0.15, 0.2) is 0 Å². The molecule has 0 aromatic heterocycles. The minimum Gasteiger partial charge on any atom is -0.327 e. The summed E-state index contributed by atoms with van der Waals surface area (Å²) in [5.41, 5.74) is 10.0. The molecule has 2 nitrogen and oxygen atoms in total. The maximum absolute atomic E-state index is 6.09. The topological polar surface area (TPSA) is 29.3 Å². The van der Waals surface area contributed by atoms with Crippen molar-refractivity contribution in [3.8, 4) is 11.1 Å². The fraction of sp³-hybridized carbons (Fsp3) is 0.368. The van der Waals surface area contributed by atoms with Crippen molar-refractivity contribution in [1.29, 1.82) is 0 Å². The van der Waals surface area contributed by atoms with E-state index in [2.05, 4.69) is 66.4 Å². The lowest BCUT2D eigenvalue weighted by molar-refractivity contribution is 0.158. The standard InChI is InChI=1S/C19H24N2/c1-15-13-21(12-11-19(15)20)14-16-7-9-18(10-8-16)17-5-3-2-4-6-17/h2-10,15,19H,11-14,20H2,1H3. The van der Waals surface area contributed by atoms with Gasteiger partial charge in [-0.05, 0) is 35.6 Å². The molecule has 1 saturated heterocycles. The van der Waals surface area contributed by atoms with Gasteiger partial charge in [-0.1, -0.05) is 61.5 Å². The number of likely N-dealkylation sites (tertiary alicyclic amines) is 1. The Balaban J connectivity index is 1.65. The minimum absolute atomic E-state index is 0.377. The average Bonchev–Trinajstić information content (AvgIpc) is 2.53. The largest absolute Gasteiger partial charge is 0.327 e. The second kappa shape index (κ2) is 6.42. The number of nitrogens with two attached hydrogens (primary N) is 1. The molecule has 1 aliphatic heterocycles. The highest BCUT2D eigenvalue weighted by molar-refractivity contribution is 5.63. The predicted octanol–water partition coefficient (Wildman–Crippen LogP) is 3.52. The van der Waals surface area contributed by atoms with E-state index >= 15 is 0 Å². The van der Waals surface area contributed by atoms with Crippen LogP contribution in [-0.4, -0.2) is 24.0 Å². The molecule has 3 rings (SSSR count). The van der Waals surface area contributed by atoms with Gasteiger partial charge in [0.05, 0.1) is 0 Å². The lowest BCUT2D eigenvalue weighted by Crippen LogP contribution is -2.45. The van der Waals surface area contributed by atoms with Crippen LogP contribution in [0.1, 0.15) is 18.9 Å². The van der Waals surface area contributed by atoms with Crippen molar-refractivity contribution in [3.63, 3.8) is 0 Å². The third kappa shape index (κ3) is 3.52. The molecule has 110 valence electrons. The molecule has 1 heterocycles. The summed E-state index contributed by atoms with van der Waals surface area (Å²) in [6.45, 7) is 5.52. The fourth-order valence-corrected chi connectivity index (χ4v) is 3.09. The molecule has 0 spiro atoms. The van der Waals surface area contributed by atoms with Gasteiger partial charge in [-0.25, -0.2) is 0 Å². The molecule has 0 amide bonds. The first kappa shape index (κ1) is 14.3. The summed E-state index contributed by atoms with van der Waals surface area (Å²) in [5.74, 6) is 0.599. The molecule has 2 aromatic rings. The van der Waals surface area contributed by atoms with Gasteiger partial charge in [-0.15, -0.1) is 0 Å². The Hall–Kier alpha value is -1.64. The van der Waals surface area contributed by atoms with E-state index in [9.17, 15) is 0 Å². The molecule has 0 saturated carbocycles. The van der Waals surface area contributed by atoms with Gasteiger partial charge in [-0.3, -0.25) is 4.90 Å². The van der Waals surface area contributed by atoms with Crippen LogP contribution in [0.5, 0.6) is 0 Å². The normalized spacial score (nSPS) is 23.1.